The maximum absolute atomic E-state index is 13.9. The Kier molecular flexibility index (Phi) is 10.9. The van der Waals surface area contributed by atoms with E-state index in [9.17, 15) is 32.2 Å². The maximum Gasteiger partial charge on any atom is 0.251 e. The van der Waals surface area contributed by atoms with Gasteiger partial charge in [0.25, 0.3) is 5.91 Å². The smallest absolute Gasteiger partial charge is 0.251 e. The van der Waals surface area contributed by atoms with E-state index in [0.29, 0.717) is 36.7 Å². The number of nitrogens with zero attached hydrogens (tertiary/aromatic N) is 2. The number of aliphatic hydroxyl groups excluding tert-OH is 2. The Balaban J connectivity index is 1.38. The van der Waals surface area contributed by atoms with Gasteiger partial charge >= 0.3 is 0 Å². The molecule has 0 radical (unpaired) electrons. The molecule has 1 heterocycles. The largest absolute Gasteiger partial charge is 0.491 e. The molecule has 2 aliphatic carbocycles. The van der Waals surface area contributed by atoms with Gasteiger partial charge in [-0.2, -0.15) is 0 Å². The van der Waals surface area contributed by atoms with Gasteiger partial charge in [-0.25, -0.2) is 22.2 Å². The van der Waals surface area contributed by atoms with Crippen LogP contribution in [0.5, 0.6) is 5.75 Å². The third kappa shape index (κ3) is 8.41. The van der Waals surface area contributed by atoms with Crippen molar-refractivity contribution in [2.24, 2.45) is 11.8 Å². The van der Waals surface area contributed by atoms with Crippen LogP contribution >= 0.6 is 0 Å². The molecule has 260 valence electrons. The van der Waals surface area contributed by atoms with Crippen molar-refractivity contribution < 1.29 is 36.9 Å². The number of carbonyl (C=O) groups excluding carboxylic acids is 1. The summed E-state index contributed by atoms with van der Waals surface area (Å²) >= 11 is 0. The highest BCUT2D eigenvalue weighted by Crippen LogP contribution is 2.37. The van der Waals surface area contributed by atoms with Gasteiger partial charge in [0.2, 0.25) is 10.0 Å². The zero-order chi connectivity index (χ0) is 34.7. The fourth-order valence-electron chi connectivity index (χ4n) is 5.77. The number of hydrogen-bond acceptors (Lipinski definition) is 9. The first-order valence-electron chi connectivity index (χ1n) is 16.0. The van der Waals surface area contributed by atoms with Crippen LogP contribution in [0.2, 0.25) is 0 Å². The molecule has 1 saturated carbocycles. The topological polar surface area (TPSA) is 153 Å². The van der Waals surface area contributed by atoms with Crippen molar-refractivity contribution in [3.8, 4) is 5.75 Å². The van der Waals surface area contributed by atoms with E-state index in [2.05, 4.69) is 27.9 Å². The molecule has 1 fully saturated rings. The van der Waals surface area contributed by atoms with Gasteiger partial charge in [-0.15, -0.1) is 0 Å². The van der Waals surface area contributed by atoms with Crippen molar-refractivity contribution in [2.45, 2.75) is 63.2 Å². The lowest BCUT2D eigenvalue weighted by molar-refractivity contribution is 0.0679. The van der Waals surface area contributed by atoms with Crippen molar-refractivity contribution >= 4 is 27.6 Å². The first-order valence-corrected chi connectivity index (χ1v) is 17.5. The van der Waals surface area contributed by atoms with Crippen molar-refractivity contribution in [3.05, 3.63) is 82.9 Å². The molecule has 0 spiro atoms. The summed E-state index contributed by atoms with van der Waals surface area (Å²) in [6.07, 6.45) is -0.521. The Morgan fingerprint density at radius 2 is 1.81 bits per heavy atom. The van der Waals surface area contributed by atoms with Crippen LogP contribution in [0.4, 0.5) is 20.4 Å². The fraction of sp³-hybridized carbons (Fsp3) is 0.471. The van der Waals surface area contributed by atoms with E-state index < -0.39 is 57.1 Å². The minimum absolute atomic E-state index is 0.0295. The lowest BCUT2D eigenvalue weighted by atomic mass is 10.1. The number of hydrogen-bond donors (Lipinski definition) is 5. The van der Waals surface area contributed by atoms with Crippen LogP contribution in [-0.4, -0.2) is 79.8 Å². The number of aromatic nitrogens is 1. The number of pyridine rings is 1. The monoisotopic (exact) mass is 687 g/mol. The van der Waals surface area contributed by atoms with E-state index in [-0.39, 0.29) is 30.3 Å². The average molecular weight is 688 g/mol. The molecule has 2 aliphatic rings. The first-order chi connectivity index (χ1) is 22.7. The summed E-state index contributed by atoms with van der Waals surface area (Å²) in [4.78, 5) is 18.3. The molecule has 1 aromatic heterocycles. The summed E-state index contributed by atoms with van der Waals surface area (Å²) in [5, 5.41) is 30.4. The number of benzene rings is 2. The Bertz CT molecular complexity index is 1710. The minimum atomic E-state index is -3.78. The number of halogens is 2. The van der Waals surface area contributed by atoms with Crippen molar-refractivity contribution in [2.75, 3.05) is 36.4 Å². The Morgan fingerprint density at radius 3 is 2.48 bits per heavy atom. The van der Waals surface area contributed by atoms with Crippen LogP contribution in [0.1, 0.15) is 54.7 Å². The summed E-state index contributed by atoms with van der Waals surface area (Å²) in [5.74, 6) is -1.19. The molecule has 1 amide bonds. The molecule has 0 bridgehead atoms. The predicted molar refractivity (Wildman–Crippen MR) is 178 cm³/mol. The lowest BCUT2D eigenvalue weighted by Gasteiger charge is -2.27. The predicted octanol–water partition coefficient (Wildman–Crippen LogP) is 3.39. The molecular formula is C34H43F2N5O6S. The van der Waals surface area contributed by atoms with Gasteiger partial charge in [0.05, 0.1) is 29.5 Å². The number of ether oxygens (including phenoxy) is 1. The molecule has 48 heavy (non-hydrogen) atoms. The van der Waals surface area contributed by atoms with E-state index in [0.717, 1.165) is 34.0 Å². The third-order valence-electron chi connectivity index (χ3n) is 8.99. The second kappa shape index (κ2) is 14.7. The zero-order valence-electron chi connectivity index (χ0n) is 27.4. The summed E-state index contributed by atoms with van der Waals surface area (Å²) in [7, 11) is -2.41. The molecule has 3 aromatic rings. The van der Waals surface area contributed by atoms with Crippen LogP contribution in [0, 0.1) is 23.5 Å². The highest BCUT2D eigenvalue weighted by Gasteiger charge is 2.34. The first kappa shape index (κ1) is 35.5. The average Bonchev–Trinajstić information content (AvgIpc) is 3.65. The zero-order valence-corrected chi connectivity index (χ0v) is 28.2. The quantitative estimate of drug-likeness (QED) is 0.162. The Morgan fingerprint density at radius 1 is 1.12 bits per heavy atom. The number of rotatable bonds is 15. The number of aliphatic hydroxyl groups is 2. The summed E-state index contributed by atoms with van der Waals surface area (Å²) in [6.45, 7) is 5.37. The van der Waals surface area contributed by atoms with Crippen LogP contribution in [0.3, 0.4) is 0 Å². The molecule has 5 rings (SSSR count). The Hall–Kier alpha value is -3.85. The minimum Gasteiger partial charge on any atom is -0.491 e. The highest BCUT2D eigenvalue weighted by atomic mass is 32.2. The normalized spacial score (nSPS) is 21.4. The van der Waals surface area contributed by atoms with Gasteiger partial charge in [-0.05, 0) is 55.4 Å². The van der Waals surface area contributed by atoms with E-state index in [1.165, 1.54) is 19.2 Å². The van der Waals surface area contributed by atoms with Crippen molar-refractivity contribution in [3.63, 3.8) is 0 Å². The number of amides is 1. The number of fused-ring (bicyclic) bond motifs is 1. The number of carbonyl (C=O) groups is 1. The fourth-order valence-corrected chi connectivity index (χ4v) is 6.76. The lowest BCUT2D eigenvalue weighted by Crippen LogP contribution is -2.51. The van der Waals surface area contributed by atoms with Gasteiger partial charge in [0, 0.05) is 50.3 Å². The van der Waals surface area contributed by atoms with Gasteiger partial charge in [0.15, 0.2) is 0 Å². The molecule has 2 aromatic carbocycles. The van der Waals surface area contributed by atoms with Gasteiger partial charge < -0.3 is 30.9 Å². The summed E-state index contributed by atoms with van der Waals surface area (Å²) in [6, 6.07) is 11.5. The second-order valence-electron chi connectivity index (χ2n) is 12.9. The van der Waals surface area contributed by atoms with E-state index in [1.807, 2.05) is 24.3 Å². The van der Waals surface area contributed by atoms with Crippen molar-refractivity contribution in [1.29, 1.82) is 0 Å². The standard InChI is InChI=1S/C34H43F2N5O6S/c1-19(2)48(45,46)41(4)32-12-22(11-31(40-32)37-16-23-9-20(23)3)34(44)39-28(18-47-26-14-24(35)13-25(36)15-26)30(43)17-38-33-27-8-6-5-7-21(27)10-29(33)42/h5-8,11-15,19-20,23,28-30,33,38,42-43H,9-10,16-18H2,1-4H3,(H,37,40)(H,39,44)/t20-,23+,28-,29-,30+,33-/m0/s1. The second-order valence-corrected chi connectivity index (χ2v) is 15.5. The summed E-state index contributed by atoms with van der Waals surface area (Å²) in [5.41, 5.74) is 1.95. The number of nitrogens with one attached hydrogen (secondary N) is 3. The van der Waals surface area contributed by atoms with Crippen LogP contribution in [0.15, 0.2) is 54.6 Å². The molecule has 0 aliphatic heterocycles. The molecule has 0 saturated heterocycles. The SMILES string of the molecule is CC(C)S(=O)(=O)N(C)c1cc(C(=O)N[C@@H](COc2cc(F)cc(F)c2)[C@H](O)CN[C@H]2c3ccccc3C[C@@H]2O)cc(NC[C@H]2C[C@@H]2C)n1. The maximum atomic E-state index is 13.9. The summed E-state index contributed by atoms with van der Waals surface area (Å²) < 4.78 is 60.4. The van der Waals surface area contributed by atoms with E-state index in [4.69, 9.17) is 4.74 Å². The van der Waals surface area contributed by atoms with Gasteiger partial charge in [0.1, 0.15) is 35.6 Å². The molecule has 5 N–H and O–H groups in total. The molecular weight excluding hydrogens is 644 g/mol. The van der Waals surface area contributed by atoms with Crippen molar-refractivity contribution in [1.82, 2.24) is 15.6 Å². The molecule has 0 unspecified atom stereocenters. The van der Waals surface area contributed by atoms with E-state index in [1.54, 1.807) is 13.8 Å². The van der Waals surface area contributed by atoms with Crippen LogP contribution < -0.4 is 25.0 Å². The highest BCUT2D eigenvalue weighted by molar-refractivity contribution is 7.93. The number of anilines is 2. The number of sulfonamides is 1. The molecule has 6 atom stereocenters. The molecule has 11 nitrogen and oxygen atoms in total. The van der Waals surface area contributed by atoms with Gasteiger partial charge in [-0.1, -0.05) is 31.2 Å². The van der Waals surface area contributed by atoms with Crippen LogP contribution in [-0.2, 0) is 16.4 Å². The Labute approximate surface area is 279 Å². The van der Waals surface area contributed by atoms with Crippen LogP contribution in [0.25, 0.3) is 0 Å². The van der Waals surface area contributed by atoms with Gasteiger partial charge in [-0.3, -0.25) is 9.10 Å². The molecule has 14 heteroatoms. The van der Waals surface area contributed by atoms with E-state index >= 15 is 0 Å². The third-order valence-corrected chi connectivity index (χ3v) is 11.1.